The van der Waals surface area contributed by atoms with Crippen molar-refractivity contribution in [3.8, 4) is 56.7 Å². The van der Waals surface area contributed by atoms with Crippen LogP contribution in [0.25, 0.3) is 100 Å². The molecule has 0 amide bonds. The Morgan fingerprint density at radius 3 is 1.52 bits per heavy atom. The zero-order chi connectivity index (χ0) is 57.0. The summed E-state index contributed by atoms with van der Waals surface area (Å²) in [5, 5.41) is -1.42. The summed E-state index contributed by atoms with van der Waals surface area (Å²) in [5.74, 6) is -1.41. The van der Waals surface area contributed by atoms with Crippen LogP contribution in [0.2, 0.25) is 0 Å². The van der Waals surface area contributed by atoms with Crippen LogP contribution >= 0.6 is 0 Å². The number of nitrogens with zero attached hydrogens (tertiary/aromatic N) is 5. The van der Waals surface area contributed by atoms with Gasteiger partial charge in [-0.25, -0.2) is 4.98 Å². The van der Waals surface area contributed by atoms with Crippen LogP contribution in [-0.2, 0) is 0 Å². The molecule has 0 radical (unpaired) electrons. The molecule has 0 fully saturated rings. The van der Waals surface area contributed by atoms with Gasteiger partial charge in [0.2, 0.25) is 5.95 Å². The highest BCUT2D eigenvalue weighted by Crippen LogP contribution is 2.36. The van der Waals surface area contributed by atoms with Gasteiger partial charge in [-0.3, -0.25) is 4.57 Å². The van der Waals surface area contributed by atoms with E-state index in [-0.39, 0.29) is 32.9 Å². The first kappa shape index (κ1) is 16.4. The largest absolute Gasteiger partial charge is 0.309 e. The molecule has 0 saturated heterocycles. The van der Waals surface area contributed by atoms with Gasteiger partial charge in [0.25, 0.3) is 0 Å². The van der Waals surface area contributed by atoms with Crippen molar-refractivity contribution in [1.82, 2.24) is 24.1 Å². The van der Waals surface area contributed by atoms with Gasteiger partial charge in [-0.1, -0.05) is 151 Å². The van der Waals surface area contributed by atoms with Crippen LogP contribution in [0.15, 0.2) is 200 Å². The maximum absolute atomic E-state index is 9.89. The Balaban J connectivity index is 1.27. The molecule has 5 heteroatoms. The summed E-state index contributed by atoms with van der Waals surface area (Å²) in [6.45, 7) is 0. The molecule has 0 bridgehead atoms. The number of fused-ring (bicyclic) bond motifs is 6. The van der Waals surface area contributed by atoms with Crippen molar-refractivity contribution >= 4 is 43.6 Å². The number of aromatic nitrogens is 5. The molecule has 56 heavy (non-hydrogen) atoms. The second kappa shape index (κ2) is 13.0. The number of benzene rings is 8. The first-order valence-electron chi connectivity index (χ1n) is 28.5. The Labute approximate surface area is 355 Å². The minimum absolute atomic E-state index is 0.236. The molecule has 0 unspecified atom stereocenters. The lowest BCUT2D eigenvalue weighted by molar-refractivity contribution is 0.953. The predicted molar refractivity (Wildman–Crippen MR) is 230 cm³/mol. The van der Waals surface area contributed by atoms with E-state index in [0.717, 1.165) is 20.8 Å². The van der Waals surface area contributed by atoms with Gasteiger partial charge in [0, 0.05) is 38.4 Å². The van der Waals surface area contributed by atoms with Crippen LogP contribution in [0.3, 0.4) is 0 Å². The lowest BCUT2D eigenvalue weighted by atomic mass is 10.0. The SMILES string of the molecule is [2H]c1cc([2H])c(-n2c3c([2H])c([2H])c([2H])c([2H])c3c3c([2H])c([2H])c([2H])c([2H])c32)c([2H])c1-c1c([2H])c([2H])c([2H])c(-c2nc(-c3cccc(-c4ccccc4)c3)nc(-n3c4c([2H])c([2H])c([2H])c([2H])c4c4c([2H])c([2H])c([2H])c([2H])c43)n2)c1[2H]. The predicted octanol–water partition coefficient (Wildman–Crippen LogP) is 12.7. The fourth-order valence-electron chi connectivity index (χ4n) is 6.64. The van der Waals surface area contributed by atoms with Gasteiger partial charge in [-0.05, 0) is 70.6 Å². The molecule has 0 N–H and O–H groups in total. The fraction of sp³-hybridized carbons (Fsp3) is 0. The van der Waals surface area contributed by atoms with Gasteiger partial charge in [-0.15, -0.1) is 0 Å². The first-order chi connectivity index (χ1) is 37.3. The average molecular weight is 739 g/mol. The Morgan fingerprint density at radius 2 is 0.875 bits per heavy atom. The lowest BCUT2D eigenvalue weighted by Gasteiger charge is -2.13. The van der Waals surface area contributed by atoms with E-state index in [0.29, 0.717) is 5.56 Å². The average Bonchev–Trinajstić information content (AvgIpc) is 4.18. The molecule has 3 aromatic heterocycles. The van der Waals surface area contributed by atoms with E-state index in [2.05, 4.69) is 4.98 Å². The Bertz CT molecular complexity index is 4440. The summed E-state index contributed by atoms with van der Waals surface area (Å²) >= 11 is 0. The standard InChI is InChI=1S/C51H33N5/c1-2-15-34(16-3-1)35-17-12-20-38(31-35)49-52-50(54-51(53-49)56-47-29-10-6-25-43(47)44-26-7-11-30-48(44)56)39-21-13-18-36(32-39)37-19-14-22-40(33-37)55-45-27-8-4-23-41(45)42-24-5-9-28-46(42)55/h1-33H/i4D,5D,6D,7D,8D,9D,10D,11D,13D,18D,19D,21D,22D,23D,24D,25D,26D,27D,28D,29D,30D,32D,33D. The Morgan fingerprint density at radius 1 is 0.357 bits per heavy atom. The fourth-order valence-corrected chi connectivity index (χ4v) is 6.64. The third-order valence-corrected chi connectivity index (χ3v) is 9.11. The topological polar surface area (TPSA) is 48.5 Å². The van der Waals surface area contributed by atoms with E-state index in [1.165, 1.54) is 0 Å². The number of hydrogen-bond acceptors (Lipinski definition) is 3. The summed E-state index contributed by atoms with van der Waals surface area (Å²) in [6.07, 6.45) is 0. The minimum atomic E-state index is -0.911. The van der Waals surface area contributed by atoms with Crippen LogP contribution in [0.5, 0.6) is 0 Å². The van der Waals surface area contributed by atoms with Gasteiger partial charge < -0.3 is 4.57 Å². The molecule has 0 aliphatic heterocycles. The molecule has 0 aliphatic carbocycles. The second-order valence-corrected chi connectivity index (χ2v) is 12.3. The monoisotopic (exact) mass is 738 g/mol. The molecule has 0 aliphatic rings. The molecule has 3 heterocycles. The van der Waals surface area contributed by atoms with E-state index in [1.54, 1.807) is 36.4 Å². The number of hydrogen-bond donors (Lipinski definition) is 0. The molecular formula is C51H33N5. The molecule has 8 aromatic carbocycles. The Kier molecular flexibility index (Phi) is 3.82. The highest BCUT2D eigenvalue weighted by molar-refractivity contribution is 6.10. The van der Waals surface area contributed by atoms with Gasteiger partial charge in [0.15, 0.2) is 11.6 Å². The molecule has 262 valence electrons. The van der Waals surface area contributed by atoms with E-state index < -0.39 is 195 Å². The Hall–Kier alpha value is -7.63. The van der Waals surface area contributed by atoms with Crippen molar-refractivity contribution in [2.24, 2.45) is 0 Å². The molecule has 11 aromatic rings. The van der Waals surface area contributed by atoms with Crippen LogP contribution in [-0.4, -0.2) is 24.1 Å². The highest BCUT2D eigenvalue weighted by atomic mass is 15.2. The smallest absolute Gasteiger partial charge is 0.238 e. The van der Waals surface area contributed by atoms with Gasteiger partial charge in [0.1, 0.15) is 0 Å². The summed E-state index contributed by atoms with van der Waals surface area (Å²) in [7, 11) is 0. The van der Waals surface area contributed by atoms with Gasteiger partial charge in [-0.2, -0.15) is 9.97 Å². The van der Waals surface area contributed by atoms with E-state index >= 15 is 0 Å². The molecule has 0 spiro atoms. The number of rotatable bonds is 6. The third-order valence-electron chi connectivity index (χ3n) is 9.11. The quantitative estimate of drug-likeness (QED) is 0.171. The van der Waals surface area contributed by atoms with Crippen molar-refractivity contribution in [2.75, 3.05) is 0 Å². The lowest BCUT2D eigenvalue weighted by Crippen LogP contribution is -2.06. The van der Waals surface area contributed by atoms with Crippen LogP contribution in [0.1, 0.15) is 31.5 Å². The van der Waals surface area contributed by atoms with Crippen LogP contribution in [0.4, 0.5) is 0 Å². The maximum Gasteiger partial charge on any atom is 0.238 e. The van der Waals surface area contributed by atoms with Crippen LogP contribution in [0, 0.1) is 0 Å². The van der Waals surface area contributed by atoms with Crippen molar-refractivity contribution in [3.63, 3.8) is 0 Å². The zero-order valence-corrected chi connectivity index (χ0v) is 28.5. The second-order valence-electron chi connectivity index (χ2n) is 12.3. The van der Waals surface area contributed by atoms with Crippen molar-refractivity contribution in [3.05, 3.63) is 200 Å². The molecule has 5 nitrogen and oxygen atoms in total. The summed E-state index contributed by atoms with van der Waals surface area (Å²) in [4.78, 5) is 14.1. The summed E-state index contributed by atoms with van der Waals surface area (Å²) in [6, 6.07) is -0.830. The first-order valence-corrected chi connectivity index (χ1v) is 17.0. The third kappa shape index (κ3) is 5.29. The van der Waals surface area contributed by atoms with Gasteiger partial charge in [0.05, 0.1) is 53.6 Å². The van der Waals surface area contributed by atoms with Crippen LogP contribution < -0.4 is 0 Å². The summed E-state index contributed by atoms with van der Waals surface area (Å²) in [5.41, 5.74) is -2.68. The molecule has 0 saturated carbocycles. The van der Waals surface area contributed by atoms with E-state index in [9.17, 15) is 9.60 Å². The zero-order valence-electron chi connectivity index (χ0n) is 51.5. The summed E-state index contributed by atoms with van der Waals surface area (Å²) < 4.78 is 209. The van der Waals surface area contributed by atoms with Crippen molar-refractivity contribution < 1.29 is 31.5 Å². The van der Waals surface area contributed by atoms with E-state index in [1.807, 2.05) is 18.2 Å². The van der Waals surface area contributed by atoms with Crippen molar-refractivity contribution in [1.29, 1.82) is 0 Å². The molecular weight excluding hydrogens is 683 g/mol. The van der Waals surface area contributed by atoms with Crippen molar-refractivity contribution in [2.45, 2.75) is 0 Å². The number of para-hydroxylation sites is 4. The van der Waals surface area contributed by atoms with E-state index in [4.69, 9.17) is 31.9 Å². The van der Waals surface area contributed by atoms with Gasteiger partial charge >= 0.3 is 0 Å². The molecule has 0 atom stereocenters. The normalized spacial score (nSPS) is 17.3. The highest BCUT2D eigenvalue weighted by Gasteiger charge is 2.19. The molecule has 11 rings (SSSR count). The minimum Gasteiger partial charge on any atom is -0.309 e. The maximum atomic E-state index is 9.89.